The number of alkyl halides is 5. The van der Waals surface area contributed by atoms with Gasteiger partial charge in [0.05, 0.1) is 16.8 Å². The number of hydrogen-bond donors (Lipinski definition) is 2. The Bertz CT molecular complexity index is 2160. The minimum atomic E-state index is -5.08. The van der Waals surface area contributed by atoms with E-state index in [2.05, 4.69) is 20.4 Å². The number of aromatic nitrogens is 5. The molecule has 5 fully saturated rings. The maximum Gasteiger partial charge on any atom is 0.434 e. The molecular weight excluding hydrogens is 723 g/mol. The predicted molar refractivity (Wildman–Crippen MR) is 190 cm³/mol. The van der Waals surface area contributed by atoms with E-state index in [4.69, 9.17) is 4.74 Å². The van der Waals surface area contributed by atoms with Gasteiger partial charge in [0.1, 0.15) is 17.4 Å². The highest BCUT2D eigenvalue weighted by Crippen LogP contribution is 2.56. The van der Waals surface area contributed by atoms with Gasteiger partial charge in [0.15, 0.2) is 11.5 Å². The fourth-order valence-electron chi connectivity index (χ4n) is 10.8. The Morgan fingerprint density at radius 1 is 0.982 bits per heavy atom. The van der Waals surface area contributed by atoms with Gasteiger partial charge in [-0.15, -0.1) is 0 Å². The van der Waals surface area contributed by atoms with Crippen molar-refractivity contribution in [3.63, 3.8) is 0 Å². The van der Waals surface area contributed by atoms with E-state index in [0.717, 1.165) is 43.1 Å². The first-order valence-electron chi connectivity index (χ1n) is 19.4. The second-order valence-corrected chi connectivity index (χ2v) is 16.7. The molecule has 0 radical (unpaired) electrons. The molecule has 15 heteroatoms. The van der Waals surface area contributed by atoms with Crippen LogP contribution in [0.2, 0.25) is 0 Å². The molecule has 5 saturated carbocycles. The average Bonchev–Trinajstić information content (AvgIpc) is 3.63. The third kappa shape index (κ3) is 6.34. The number of hydrogen-bond acceptors (Lipinski definition) is 6. The summed E-state index contributed by atoms with van der Waals surface area (Å²) in [6.45, 7) is 0. The molecule has 1 amide bonds. The van der Waals surface area contributed by atoms with Gasteiger partial charge in [0.25, 0.3) is 5.91 Å². The predicted octanol–water partition coefficient (Wildman–Crippen LogP) is 7.94. The highest BCUT2D eigenvalue weighted by atomic mass is 19.4. The van der Waals surface area contributed by atoms with E-state index >= 15 is 0 Å². The summed E-state index contributed by atoms with van der Waals surface area (Å²) in [7, 11) is 1.87. The number of rotatable bonds is 7. The summed E-state index contributed by atoms with van der Waals surface area (Å²) in [4.78, 5) is 35.1. The number of aliphatic carboxylic acids is 1. The summed E-state index contributed by atoms with van der Waals surface area (Å²) >= 11 is 0. The van der Waals surface area contributed by atoms with Crippen LogP contribution in [0.25, 0.3) is 22.3 Å². The van der Waals surface area contributed by atoms with Gasteiger partial charge in [0, 0.05) is 68.0 Å². The molecule has 10 rings (SSSR count). The zero-order valence-corrected chi connectivity index (χ0v) is 30.4. The standard InChI is InChI=1S/C40H43F5N6O4/c1-50-19-23-16-27(5-7-32(23)49-50)55-28-4-6-29-31(20-51(33(29)17-28)26-8-10-38(41,42)11-9-26)35-46-18-30(34(47-35)40(43,44)45)36(52)48-39(37(53)54)24-3-2-21-12-22(14-24)15-25(39)13-21/h4,6,17-22,24-27H,2-3,5,7-16H2,1H3,(H,48,52)(H,53,54). The quantitative estimate of drug-likeness (QED) is 0.183. The summed E-state index contributed by atoms with van der Waals surface area (Å²) < 4.78 is 83.1. The van der Waals surface area contributed by atoms with Gasteiger partial charge in [-0.3, -0.25) is 9.48 Å². The Hall–Kier alpha value is -4.56. The fourth-order valence-corrected chi connectivity index (χ4v) is 10.8. The molecular formula is C40H43F5N6O4. The number of aryl methyl sites for hydroxylation is 2. The van der Waals surface area contributed by atoms with Crippen molar-refractivity contribution in [3.05, 3.63) is 59.3 Å². The second-order valence-electron chi connectivity index (χ2n) is 16.7. The van der Waals surface area contributed by atoms with Gasteiger partial charge in [-0.05, 0) is 99.2 Å². The highest BCUT2D eigenvalue weighted by molar-refractivity contribution is 6.00. The van der Waals surface area contributed by atoms with Crippen molar-refractivity contribution >= 4 is 22.8 Å². The number of carbonyl (C=O) groups excluding carboxylic acids is 1. The third-order valence-electron chi connectivity index (χ3n) is 13.3. The summed E-state index contributed by atoms with van der Waals surface area (Å²) in [6.07, 6.45) is 5.34. The smallest absolute Gasteiger partial charge is 0.434 e. The van der Waals surface area contributed by atoms with Crippen LogP contribution in [0.15, 0.2) is 36.8 Å². The third-order valence-corrected chi connectivity index (χ3v) is 13.3. The normalized spacial score (nSPS) is 28.9. The van der Waals surface area contributed by atoms with Gasteiger partial charge in [-0.1, -0.05) is 6.42 Å². The molecule has 10 nitrogen and oxygen atoms in total. The zero-order valence-electron chi connectivity index (χ0n) is 30.4. The summed E-state index contributed by atoms with van der Waals surface area (Å²) in [5, 5.41) is 18.2. The molecule has 6 aliphatic rings. The lowest BCUT2D eigenvalue weighted by Gasteiger charge is -2.50. The monoisotopic (exact) mass is 766 g/mol. The molecule has 0 saturated heterocycles. The molecule has 6 unspecified atom stereocenters. The van der Waals surface area contributed by atoms with Crippen LogP contribution in [0.1, 0.15) is 104 Å². The molecule has 3 aromatic heterocycles. The van der Waals surface area contributed by atoms with E-state index in [1.165, 1.54) is 0 Å². The Labute approximate surface area is 313 Å². The van der Waals surface area contributed by atoms with Gasteiger partial charge >= 0.3 is 12.1 Å². The number of benzene rings is 1. The van der Waals surface area contributed by atoms with Crippen molar-refractivity contribution in [1.82, 2.24) is 29.6 Å². The molecule has 4 aromatic rings. The van der Waals surface area contributed by atoms with Crippen molar-refractivity contribution in [2.24, 2.45) is 30.7 Å². The maximum absolute atomic E-state index is 14.9. The number of fused-ring (bicyclic) bond motifs is 3. The number of amides is 1. The maximum atomic E-state index is 14.9. The zero-order chi connectivity index (χ0) is 38.4. The number of ether oxygens (including phenoxy) is 1. The fraction of sp³-hybridized carbons (Fsp3) is 0.575. The summed E-state index contributed by atoms with van der Waals surface area (Å²) in [5.41, 5.74) is -1.02. The van der Waals surface area contributed by atoms with Crippen LogP contribution in [-0.4, -0.2) is 58.9 Å². The summed E-state index contributed by atoms with van der Waals surface area (Å²) in [6, 6.07) is 4.88. The number of carboxylic acid groups (broad SMARTS) is 1. The Morgan fingerprint density at radius 2 is 1.75 bits per heavy atom. The lowest BCUT2D eigenvalue weighted by Crippen LogP contribution is -2.66. The number of nitrogens with one attached hydrogen (secondary N) is 1. The van der Waals surface area contributed by atoms with E-state index < -0.39 is 40.8 Å². The number of carboxylic acids is 1. The second kappa shape index (κ2) is 13.0. The van der Waals surface area contributed by atoms with Crippen LogP contribution >= 0.6 is 0 Å². The van der Waals surface area contributed by atoms with E-state index in [0.29, 0.717) is 60.6 Å². The SMILES string of the molecule is Cn1cc2c(n1)CCC(Oc1ccc3c(-c4ncc(C(=O)NC5(C(=O)O)C6CCC7CC(C6)CC5C7)c(C(F)(F)F)n4)cn(C4CCC(F)(F)CC4)c3c1)C2. The first-order valence-corrected chi connectivity index (χ1v) is 19.4. The molecule has 0 aliphatic heterocycles. The van der Waals surface area contributed by atoms with E-state index in [1.54, 1.807) is 29.1 Å². The Kier molecular flexibility index (Phi) is 8.54. The van der Waals surface area contributed by atoms with Crippen LogP contribution in [-0.2, 0) is 30.9 Å². The lowest BCUT2D eigenvalue weighted by atomic mass is 9.58. The van der Waals surface area contributed by atoms with Crippen LogP contribution in [0.3, 0.4) is 0 Å². The summed E-state index contributed by atoms with van der Waals surface area (Å²) in [5.74, 6) is -4.99. The van der Waals surface area contributed by atoms with Gasteiger partial charge in [-0.25, -0.2) is 23.5 Å². The molecule has 0 spiro atoms. The number of carbonyl (C=O) groups is 2. The van der Waals surface area contributed by atoms with E-state index in [9.17, 15) is 36.6 Å². The van der Waals surface area contributed by atoms with Crippen LogP contribution < -0.4 is 10.1 Å². The van der Waals surface area contributed by atoms with Crippen LogP contribution in [0.5, 0.6) is 5.75 Å². The molecule has 4 bridgehead atoms. The van der Waals surface area contributed by atoms with E-state index in [1.807, 2.05) is 17.8 Å². The number of nitrogens with zero attached hydrogens (tertiary/aromatic N) is 5. The van der Waals surface area contributed by atoms with Crippen molar-refractivity contribution < 1.29 is 41.4 Å². The largest absolute Gasteiger partial charge is 0.490 e. The topological polar surface area (TPSA) is 124 Å². The highest BCUT2D eigenvalue weighted by Gasteiger charge is 2.60. The van der Waals surface area contributed by atoms with Crippen molar-refractivity contribution in [2.75, 3.05) is 0 Å². The van der Waals surface area contributed by atoms with Crippen LogP contribution in [0, 0.1) is 23.7 Å². The van der Waals surface area contributed by atoms with Crippen molar-refractivity contribution in [1.29, 1.82) is 0 Å². The van der Waals surface area contributed by atoms with Crippen molar-refractivity contribution in [2.45, 2.75) is 113 Å². The average molecular weight is 767 g/mol. The molecule has 55 heavy (non-hydrogen) atoms. The van der Waals surface area contributed by atoms with E-state index in [-0.39, 0.29) is 61.1 Å². The van der Waals surface area contributed by atoms with Crippen molar-refractivity contribution in [3.8, 4) is 17.1 Å². The molecule has 292 valence electrons. The first-order chi connectivity index (χ1) is 26.2. The van der Waals surface area contributed by atoms with Gasteiger partial charge in [-0.2, -0.15) is 18.3 Å². The molecule has 3 heterocycles. The molecule has 6 aliphatic carbocycles. The lowest BCUT2D eigenvalue weighted by molar-refractivity contribution is -0.154. The molecule has 2 N–H and O–H groups in total. The Balaban J connectivity index is 1.07. The molecule has 6 atom stereocenters. The minimum absolute atomic E-state index is 0.134. The van der Waals surface area contributed by atoms with Gasteiger partial charge in [0.2, 0.25) is 5.92 Å². The minimum Gasteiger partial charge on any atom is -0.490 e. The van der Waals surface area contributed by atoms with Crippen LogP contribution in [0.4, 0.5) is 22.0 Å². The first kappa shape index (κ1) is 36.1. The Morgan fingerprint density at radius 3 is 2.51 bits per heavy atom. The molecule has 1 aromatic carbocycles. The number of halogens is 5. The van der Waals surface area contributed by atoms with Gasteiger partial charge < -0.3 is 19.7 Å².